The van der Waals surface area contributed by atoms with E-state index in [1.54, 1.807) is 43.2 Å². The molecule has 2 aromatic rings. The predicted octanol–water partition coefficient (Wildman–Crippen LogP) is 2.24. The van der Waals surface area contributed by atoms with Gasteiger partial charge in [0.15, 0.2) is 0 Å². The molecule has 7 nitrogen and oxygen atoms in total. The Morgan fingerprint density at radius 1 is 1.38 bits per heavy atom. The maximum absolute atomic E-state index is 12.4. The second-order valence-electron chi connectivity index (χ2n) is 6.90. The molecule has 1 aromatic heterocycles. The molecule has 1 atom stereocenters. The summed E-state index contributed by atoms with van der Waals surface area (Å²) in [5.74, 6) is -0.921. The molecule has 2 amide bonds. The average molecular weight is 409 g/mol. The Bertz CT molecular complexity index is 923. The number of halogens is 3. The van der Waals surface area contributed by atoms with Gasteiger partial charge in [-0.05, 0) is 36.1 Å². The number of carbonyl (C=O) groups is 2. The standard InChI is InChI=1S/C19H22F3N5O2/c1-3-15(17(28)24-10-19(20,21)22)26-13-6-11-4-5-23-18(29)16(11)14(7-13)12-8-25-27(2)9-12/h6-9,15,26H,3-5,10H2,1-2H3,(H,23,29)(H,24,28). The van der Waals surface area contributed by atoms with E-state index in [2.05, 4.69) is 15.7 Å². The molecule has 1 aromatic carbocycles. The summed E-state index contributed by atoms with van der Waals surface area (Å²) >= 11 is 0. The monoisotopic (exact) mass is 409 g/mol. The van der Waals surface area contributed by atoms with Crippen LogP contribution in [0.15, 0.2) is 24.5 Å². The summed E-state index contributed by atoms with van der Waals surface area (Å²) in [7, 11) is 1.76. The molecule has 1 aliphatic rings. The summed E-state index contributed by atoms with van der Waals surface area (Å²) in [6, 6.07) is 2.66. The molecule has 3 N–H and O–H groups in total. The Kier molecular flexibility index (Phi) is 5.81. The lowest BCUT2D eigenvalue weighted by Crippen LogP contribution is -2.43. The SMILES string of the molecule is CCC(Nc1cc2c(c(-c3cnn(C)c3)c1)C(=O)NCC2)C(=O)NCC(F)(F)F. The largest absolute Gasteiger partial charge is 0.405 e. The van der Waals surface area contributed by atoms with Gasteiger partial charge in [-0.1, -0.05) is 6.92 Å². The minimum Gasteiger partial charge on any atom is -0.374 e. The topological polar surface area (TPSA) is 88.1 Å². The summed E-state index contributed by atoms with van der Waals surface area (Å²) in [5.41, 5.74) is 3.30. The molecule has 156 valence electrons. The van der Waals surface area contributed by atoms with Crippen LogP contribution < -0.4 is 16.0 Å². The summed E-state index contributed by atoms with van der Waals surface area (Å²) in [6.45, 7) is 0.819. The Morgan fingerprint density at radius 3 is 2.76 bits per heavy atom. The van der Waals surface area contributed by atoms with Gasteiger partial charge in [-0.25, -0.2) is 0 Å². The zero-order chi connectivity index (χ0) is 21.2. The van der Waals surface area contributed by atoms with Crippen LogP contribution in [-0.2, 0) is 18.3 Å². The van der Waals surface area contributed by atoms with E-state index >= 15 is 0 Å². The molecule has 0 fully saturated rings. The van der Waals surface area contributed by atoms with Gasteiger partial charge in [-0.2, -0.15) is 18.3 Å². The van der Waals surface area contributed by atoms with Crippen LogP contribution in [0.3, 0.4) is 0 Å². The van der Waals surface area contributed by atoms with Crippen molar-refractivity contribution in [2.75, 3.05) is 18.4 Å². The van der Waals surface area contributed by atoms with Gasteiger partial charge in [0.25, 0.3) is 5.91 Å². The van der Waals surface area contributed by atoms with Crippen molar-refractivity contribution in [3.05, 3.63) is 35.7 Å². The second kappa shape index (κ2) is 8.14. The van der Waals surface area contributed by atoms with E-state index in [1.807, 2.05) is 5.32 Å². The summed E-state index contributed by atoms with van der Waals surface area (Å²) < 4.78 is 38.8. The van der Waals surface area contributed by atoms with Gasteiger partial charge in [0.1, 0.15) is 12.6 Å². The molecule has 2 heterocycles. The number of nitrogens with one attached hydrogen (secondary N) is 3. The molecular formula is C19H22F3N5O2. The third-order valence-electron chi connectivity index (χ3n) is 4.67. The molecule has 1 aliphatic heterocycles. The summed E-state index contributed by atoms with van der Waals surface area (Å²) in [6.07, 6.45) is -0.158. The van der Waals surface area contributed by atoms with E-state index in [-0.39, 0.29) is 5.91 Å². The van der Waals surface area contributed by atoms with Gasteiger partial charge in [0.2, 0.25) is 5.91 Å². The number of hydrogen-bond donors (Lipinski definition) is 3. The first-order chi connectivity index (χ1) is 13.7. The lowest BCUT2D eigenvalue weighted by atomic mass is 9.91. The van der Waals surface area contributed by atoms with Gasteiger partial charge >= 0.3 is 6.18 Å². The van der Waals surface area contributed by atoms with Gasteiger partial charge in [-0.3, -0.25) is 14.3 Å². The van der Waals surface area contributed by atoms with Crippen molar-refractivity contribution in [2.45, 2.75) is 32.0 Å². The number of aryl methyl sites for hydroxylation is 1. The number of benzene rings is 1. The number of nitrogens with zero attached hydrogens (tertiary/aromatic N) is 2. The molecule has 0 saturated heterocycles. The lowest BCUT2D eigenvalue weighted by Gasteiger charge is -2.23. The highest BCUT2D eigenvalue weighted by molar-refractivity contribution is 6.04. The number of rotatable bonds is 6. The number of anilines is 1. The van der Waals surface area contributed by atoms with E-state index in [1.165, 1.54) is 0 Å². The van der Waals surface area contributed by atoms with Crippen LogP contribution in [0.4, 0.5) is 18.9 Å². The van der Waals surface area contributed by atoms with Crippen LogP contribution in [0.1, 0.15) is 29.3 Å². The third-order valence-corrected chi connectivity index (χ3v) is 4.67. The molecule has 3 rings (SSSR count). The molecule has 29 heavy (non-hydrogen) atoms. The average Bonchev–Trinajstić information content (AvgIpc) is 3.09. The van der Waals surface area contributed by atoms with Crippen LogP contribution in [0.25, 0.3) is 11.1 Å². The van der Waals surface area contributed by atoms with Crippen molar-refractivity contribution in [3.63, 3.8) is 0 Å². The van der Waals surface area contributed by atoms with E-state index in [0.29, 0.717) is 36.2 Å². The molecule has 0 radical (unpaired) electrons. The molecule has 0 spiro atoms. The number of alkyl halides is 3. The Hall–Kier alpha value is -3.04. The van der Waals surface area contributed by atoms with Gasteiger partial charge in [-0.15, -0.1) is 0 Å². The normalized spacial score (nSPS) is 14.7. The molecule has 0 aliphatic carbocycles. The Morgan fingerprint density at radius 2 is 2.14 bits per heavy atom. The van der Waals surface area contributed by atoms with Gasteiger partial charge < -0.3 is 16.0 Å². The summed E-state index contributed by atoms with van der Waals surface area (Å²) in [4.78, 5) is 24.6. The van der Waals surface area contributed by atoms with Crippen molar-refractivity contribution in [2.24, 2.45) is 7.05 Å². The molecule has 1 unspecified atom stereocenters. The maximum Gasteiger partial charge on any atom is 0.405 e. The second-order valence-corrected chi connectivity index (χ2v) is 6.90. The highest BCUT2D eigenvalue weighted by atomic mass is 19.4. The first kappa shape index (κ1) is 20.7. The first-order valence-electron chi connectivity index (χ1n) is 9.23. The number of aromatic nitrogens is 2. The minimum absolute atomic E-state index is 0.188. The van der Waals surface area contributed by atoms with Crippen LogP contribution in [0.5, 0.6) is 0 Å². The number of carbonyl (C=O) groups excluding carboxylic acids is 2. The molecular weight excluding hydrogens is 387 g/mol. The van der Waals surface area contributed by atoms with Crippen molar-refractivity contribution >= 4 is 17.5 Å². The molecule has 10 heteroatoms. The van der Waals surface area contributed by atoms with Crippen LogP contribution >= 0.6 is 0 Å². The number of amides is 2. The van der Waals surface area contributed by atoms with Crippen molar-refractivity contribution in [1.29, 1.82) is 0 Å². The van der Waals surface area contributed by atoms with Crippen molar-refractivity contribution in [3.8, 4) is 11.1 Å². The smallest absolute Gasteiger partial charge is 0.374 e. The highest BCUT2D eigenvalue weighted by Crippen LogP contribution is 2.32. The fraction of sp³-hybridized carbons (Fsp3) is 0.421. The fourth-order valence-electron chi connectivity index (χ4n) is 3.30. The van der Waals surface area contributed by atoms with E-state index in [4.69, 9.17) is 0 Å². The van der Waals surface area contributed by atoms with Crippen LogP contribution in [0.2, 0.25) is 0 Å². The Labute approximate surface area is 165 Å². The zero-order valence-corrected chi connectivity index (χ0v) is 16.1. The van der Waals surface area contributed by atoms with Gasteiger partial charge in [0.05, 0.1) is 11.8 Å². The van der Waals surface area contributed by atoms with E-state index < -0.39 is 24.7 Å². The van der Waals surface area contributed by atoms with Crippen molar-refractivity contribution in [1.82, 2.24) is 20.4 Å². The molecule has 0 bridgehead atoms. The zero-order valence-electron chi connectivity index (χ0n) is 16.1. The first-order valence-corrected chi connectivity index (χ1v) is 9.23. The van der Waals surface area contributed by atoms with Crippen molar-refractivity contribution < 1.29 is 22.8 Å². The molecule has 0 saturated carbocycles. The Balaban J connectivity index is 1.91. The van der Waals surface area contributed by atoms with Crippen LogP contribution in [-0.4, -0.2) is 46.9 Å². The quantitative estimate of drug-likeness (QED) is 0.683. The summed E-state index contributed by atoms with van der Waals surface area (Å²) in [5, 5.41) is 11.9. The number of hydrogen-bond acceptors (Lipinski definition) is 4. The predicted molar refractivity (Wildman–Crippen MR) is 101 cm³/mol. The van der Waals surface area contributed by atoms with Gasteiger partial charge in [0, 0.05) is 31.0 Å². The lowest BCUT2D eigenvalue weighted by molar-refractivity contribution is -0.138. The van der Waals surface area contributed by atoms with E-state index in [9.17, 15) is 22.8 Å². The van der Waals surface area contributed by atoms with E-state index in [0.717, 1.165) is 11.1 Å². The maximum atomic E-state index is 12.4. The highest BCUT2D eigenvalue weighted by Gasteiger charge is 2.29. The third kappa shape index (κ3) is 4.87. The minimum atomic E-state index is -4.47. The fourth-order valence-corrected chi connectivity index (χ4v) is 3.30. The number of fused-ring (bicyclic) bond motifs is 1. The van der Waals surface area contributed by atoms with Crippen LogP contribution in [0, 0.1) is 0 Å².